The van der Waals surface area contributed by atoms with E-state index in [4.69, 9.17) is 4.74 Å². The normalized spacial score (nSPS) is 15.7. The average molecular weight is 217 g/mol. The number of hydrogen-bond acceptors (Lipinski definition) is 2. The summed E-state index contributed by atoms with van der Waals surface area (Å²) < 4.78 is 5.41. The van der Waals surface area contributed by atoms with Gasteiger partial charge in [0.2, 0.25) is 0 Å². The molecule has 1 aromatic rings. The largest absolute Gasteiger partial charge is 0.381 e. The molecule has 0 aromatic heterocycles. The molecule has 16 heavy (non-hydrogen) atoms. The fourth-order valence-corrected chi connectivity index (χ4v) is 1.85. The molecule has 0 saturated heterocycles. The van der Waals surface area contributed by atoms with Gasteiger partial charge in [-0.2, -0.15) is 0 Å². The molecule has 0 radical (unpaired) electrons. The lowest BCUT2D eigenvalue weighted by atomic mass is 10.1. The Labute approximate surface area is 97.3 Å². The predicted molar refractivity (Wildman–Crippen MR) is 67.8 cm³/mol. The highest BCUT2D eigenvalue weighted by atomic mass is 16.5. The van der Waals surface area contributed by atoms with E-state index >= 15 is 0 Å². The summed E-state index contributed by atoms with van der Waals surface area (Å²) in [6.45, 7) is 4.72. The van der Waals surface area contributed by atoms with E-state index in [9.17, 15) is 0 Å². The van der Waals surface area contributed by atoms with E-state index in [1.807, 2.05) is 0 Å². The first-order valence-corrected chi connectivity index (χ1v) is 5.97. The Morgan fingerprint density at radius 2 is 2.31 bits per heavy atom. The van der Waals surface area contributed by atoms with Crippen LogP contribution in [0.2, 0.25) is 0 Å². The third-order valence-electron chi connectivity index (χ3n) is 2.84. The van der Waals surface area contributed by atoms with Crippen LogP contribution in [0, 0.1) is 0 Å². The summed E-state index contributed by atoms with van der Waals surface area (Å²) in [7, 11) is 0. The summed E-state index contributed by atoms with van der Waals surface area (Å²) in [5, 5.41) is 3.44. The van der Waals surface area contributed by atoms with Crippen molar-refractivity contribution in [2.75, 3.05) is 25.1 Å². The molecule has 1 aliphatic rings. The first-order valence-electron chi connectivity index (χ1n) is 5.97. The lowest BCUT2D eigenvalue weighted by molar-refractivity contribution is 0.150. The van der Waals surface area contributed by atoms with Gasteiger partial charge in [-0.05, 0) is 36.1 Å². The topological polar surface area (TPSA) is 21.3 Å². The molecule has 0 saturated carbocycles. The van der Waals surface area contributed by atoms with Crippen LogP contribution >= 0.6 is 0 Å². The molecule has 2 rings (SSSR count). The Morgan fingerprint density at radius 3 is 3.06 bits per heavy atom. The van der Waals surface area contributed by atoms with Crippen LogP contribution in [-0.2, 0) is 11.2 Å². The van der Waals surface area contributed by atoms with Gasteiger partial charge in [-0.3, -0.25) is 0 Å². The standard InChI is InChI=1S/C14H19NO/c1-2-12-5-3-7-14(9-12)15-10-13-6-4-8-16-11-13/h3,5-7,9,15H,2,4,8,10-11H2,1H3. The molecule has 1 heterocycles. The van der Waals surface area contributed by atoms with Gasteiger partial charge in [0, 0.05) is 12.2 Å². The third-order valence-corrected chi connectivity index (χ3v) is 2.84. The zero-order valence-electron chi connectivity index (χ0n) is 9.83. The van der Waals surface area contributed by atoms with Crippen LogP contribution in [0.25, 0.3) is 0 Å². The number of ether oxygens (including phenoxy) is 1. The van der Waals surface area contributed by atoms with Crippen LogP contribution in [0.5, 0.6) is 0 Å². The van der Waals surface area contributed by atoms with Crippen molar-refractivity contribution in [3.05, 3.63) is 41.5 Å². The highest BCUT2D eigenvalue weighted by Gasteiger charge is 2.03. The van der Waals surface area contributed by atoms with Crippen LogP contribution in [0.15, 0.2) is 35.9 Å². The fraction of sp³-hybridized carbons (Fsp3) is 0.429. The van der Waals surface area contributed by atoms with Gasteiger partial charge in [0.1, 0.15) is 0 Å². The zero-order valence-corrected chi connectivity index (χ0v) is 9.83. The maximum Gasteiger partial charge on any atom is 0.0693 e. The van der Waals surface area contributed by atoms with Crippen molar-refractivity contribution < 1.29 is 4.74 Å². The van der Waals surface area contributed by atoms with Crippen molar-refractivity contribution in [3.8, 4) is 0 Å². The number of aryl methyl sites for hydroxylation is 1. The highest BCUT2D eigenvalue weighted by Crippen LogP contribution is 2.13. The molecule has 2 heteroatoms. The van der Waals surface area contributed by atoms with Crippen molar-refractivity contribution in [2.24, 2.45) is 0 Å². The smallest absolute Gasteiger partial charge is 0.0693 e. The van der Waals surface area contributed by atoms with Crippen molar-refractivity contribution in [1.82, 2.24) is 0 Å². The van der Waals surface area contributed by atoms with Crippen LogP contribution in [0.4, 0.5) is 5.69 Å². The summed E-state index contributed by atoms with van der Waals surface area (Å²) in [5.41, 5.74) is 3.93. The molecule has 1 aliphatic heterocycles. The Balaban J connectivity index is 1.91. The van der Waals surface area contributed by atoms with Crippen LogP contribution < -0.4 is 5.32 Å². The van der Waals surface area contributed by atoms with Crippen LogP contribution in [0.1, 0.15) is 18.9 Å². The quantitative estimate of drug-likeness (QED) is 0.783. The maximum atomic E-state index is 5.41. The fourth-order valence-electron chi connectivity index (χ4n) is 1.85. The first kappa shape index (κ1) is 11.2. The second-order valence-corrected chi connectivity index (χ2v) is 4.11. The predicted octanol–water partition coefficient (Wildman–Crippen LogP) is 3.01. The van der Waals surface area contributed by atoms with E-state index in [2.05, 4.69) is 42.6 Å². The Hall–Kier alpha value is -1.28. The molecule has 86 valence electrons. The summed E-state index contributed by atoms with van der Waals surface area (Å²) >= 11 is 0. The number of anilines is 1. The van der Waals surface area contributed by atoms with Gasteiger partial charge in [-0.25, -0.2) is 0 Å². The summed E-state index contributed by atoms with van der Waals surface area (Å²) in [5.74, 6) is 0. The molecule has 0 aliphatic carbocycles. The van der Waals surface area contributed by atoms with Crippen molar-refractivity contribution in [1.29, 1.82) is 0 Å². The van der Waals surface area contributed by atoms with Gasteiger partial charge in [0.05, 0.1) is 13.2 Å². The summed E-state index contributed by atoms with van der Waals surface area (Å²) in [4.78, 5) is 0. The van der Waals surface area contributed by atoms with Gasteiger partial charge in [0.15, 0.2) is 0 Å². The Bertz CT molecular complexity index is 371. The maximum absolute atomic E-state index is 5.41. The Kier molecular flexibility index (Phi) is 4.00. The molecule has 0 atom stereocenters. The highest BCUT2D eigenvalue weighted by molar-refractivity contribution is 5.46. The van der Waals surface area contributed by atoms with Gasteiger partial charge in [-0.15, -0.1) is 0 Å². The second kappa shape index (κ2) is 5.71. The number of hydrogen-bond donors (Lipinski definition) is 1. The number of nitrogens with one attached hydrogen (secondary N) is 1. The Morgan fingerprint density at radius 1 is 1.38 bits per heavy atom. The van der Waals surface area contributed by atoms with E-state index in [0.29, 0.717) is 0 Å². The number of rotatable bonds is 4. The van der Waals surface area contributed by atoms with E-state index < -0.39 is 0 Å². The molecule has 1 aromatic carbocycles. The number of benzene rings is 1. The first-order chi connectivity index (χ1) is 7.88. The van der Waals surface area contributed by atoms with Crippen molar-refractivity contribution in [2.45, 2.75) is 19.8 Å². The van der Waals surface area contributed by atoms with Crippen molar-refractivity contribution in [3.63, 3.8) is 0 Å². The van der Waals surface area contributed by atoms with E-state index in [-0.39, 0.29) is 0 Å². The van der Waals surface area contributed by atoms with Gasteiger partial charge < -0.3 is 10.1 Å². The van der Waals surface area contributed by atoms with Crippen LogP contribution in [-0.4, -0.2) is 19.8 Å². The molecule has 0 amide bonds. The molecule has 0 fully saturated rings. The van der Waals surface area contributed by atoms with Crippen molar-refractivity contribution >= 4 is 5.69 Å². The zero-order chi connectivity index (χ0) is 11.2. The lowest BCUT2D eigenvalue weighted by Gasteiger charge is -2.15. The minimum Gasteiger partial charge on any atom is -0.381 e. The van der Waals surface area contributed by atoms with Gasteiger partial charge in [-0.1, -0.05) is 25.1 Å². The molecule has 0 unspecified atom stereocenters. The third kappa shape index (κ3) is 3.11. The van der Waals surface area contributed by atoms with E-state index in [1.165, 1.54) is 16.8 Å². The minimum atomic E-state index is 0.778. The molecule has 0 spiro atoms. The summed E-state index contributed by atoms with van der Waals surface area (Å²) in [6.07, 6.45) is 4.41. The molecular formula is C14H19NO. The SMILES string of the molecule is CCc1cccc(NCC2=CCCOC2)c1. The lowest BCUT2D eigenvalue weighted by Crippen LogP contribution is -2.14. The molecule has 2 nitrogen and oxygen atoms in total. The van der Waals surface area contributed by atoms with E-state index in [0.717, 1.165) is 32.6 Å². The molecule has 0 bridgehead atoms. The molecule has 1 N–H and O–H groups in total. The summed E-state index contributed by atoms with van der Waals surface area (Å²) in [6, 6.07) is 8.59. The molecular weight excluding hydrogens is 198 g/mol. The van der Waals surface area contributed by atoms with Crippen LogP contribution in [0.3, 0.4) is 0 Å². The average Bonchev–Trinajstić information content (AvgIpc) is 2.38. The second-order valence-electron chi connectivity index (χ2n) is 4.11. The monoisotopic (exact) mass is 217 g/mol. The minimum absolute atomic E-state index is 0.778. The van der Waals surface area contributed by atoms with E-state index in [1.54, 1.807) is 0 Å². The van der Waals surface area contributed by atoms with Gasteiger partial charge >= 0.3 is 0 Å². The van der Waals surface area contributed by atoms with Gasteiger partial charge in [0.25, 0.3) is 0 Å².